The lowest BCUT2D eigenvalue weighted by atomic mass is 9.99. The van der Waals surface area contributed by atoms with Gasteiger partial charge in [0.25, 0.3) is 0 Å². The first kappa shape index (κ1) is 12.5. The van der Waals surface area contributed by atoms with Crippen LogP contribution < -0.4 is 0 Å². The zero-order chi connectivity index (χ0) is 13.0. The molecule has 94 valence electrons. The Morgan fingerprint density at radius 1 is 1.06 bits per heavy atom. The number of aliphatic hydroxyl groups excluding tert-OH is 1. The lowest BCUT2D eigenvalue weighted by Crippen LogP contribution is -2.06. The Bertz CT molecular complexity index is 438. The van der Waals surface area contributed by atoms with Crippen LogP contribution in [0.1, 0.15) is 39.4 Å². The molecule has 1 aliphatic carbocycles. The first-order valence-electron chi connectivity index (χ1n) is 5.82. The highest BCUT2D eigenvalue weighted by molar-refractivity contribution is 5.26. The molecule has 2 rings (SSSR count). The van der Waals surface area contributed by atoms with Gasteiger partial charge in [0.1, 0.15) is 0 Å². The summed E-state index contributed by atoms with van der Waals surface area (Å²) in [6.45, 7) is 8.34. The monoisotopic (exact) mass is 240 g/mol. The maximum absolute atomic E-state index is 13.1. The summed E-state index contributed by atoms with van der Waals surface area (Å²) in [6.07, 6.45) is -0.741. The molecule has 1 saturated carbocycles. The van der Waals surface area contributed by atoms with Crippen LogP contribution in [-0.2, 0) is 0 Å². The van der Waals surface area contributed by atoms with Crippen molar-refractivity contribution >= 4 is 0 Å². The summed E-state index contributed by atoms with van der Waals surface area (Å²) in [7, 11) is 0. The van der Waals surface area contributed by atoms with Crippen LogP contribution in [0.2, 0.25) is 0 Å². The van der Waals surface area contributed by atoms with Crippen LogP contribution in [0.4, 0.5) is 8.78 Å². The minimum absolute atomic E-state index is 0.0112. The van der Waals surface area contributed by atoms with E-state index in [-0.39, 0.29) is 16.7 Å². The molecule has 0 aliphatic heterocycles. The molecule has 0 heterocycles. The van der Waals surface area contributed by atoms with Crippen molar-refractivity contribution in [2.45, 2.75) is 33.8 Å². The van der Waals surface area contributed by atoms with E-state index < -0.39 is 17.7 Å². The van der Waals surface area contributed by atoms with Crippen molar-refractivity contribution in [3.63, 3.8) is 0 Å². The number of hydrogen-bond donors (Lipinski definition) is 1. The lowest BCUT2D eigenvalue weighted by molar-refractivity contribution is 0.130. The summed E-state index contributed by atoms with van der Waals surface area (Å²) in [5.74, 6) is -1.71. The Morgan fingerprint density at radius 2 is 1.59 bits per heavy atom. The van der Waals surface area contributed by atoms with Crippen LogP contribution in [0.25, 0.3) is 0 Å². The van der Waals surface area contributed by atoms with Crippen molar-refractivity contribution < 1.29 is 13.9 Å². The highest BCUT2D eigenvalue weighted by atomic mass is 19.2. The number of aliphatic hydroxyl groups is 1. The molecule has 0 saturated heterocycles. The molecule has 1 atom stereocenters. The van der Waals surface area contributed by atoms with Gasteiger partial charge in [-0.25, -0.2) is 8.78 Å². The maximum atomic E-state index is 13.1. The highest BCUT2D eigenvalue weighted by Crippen LogP contribution is 2.72. The Labute approximate surface area is 100 Å². The van der Waals surface area contributed by atoms with Crippen molar-refractivity contribution in [2.24, 2.45) is 16.7 Å². The number of benzene rings is 1. The van der Waals surface area contributed by atoms with E-state index in [2.05, 4.69) is 27.7 Å². The second-order valence-electron chi connectivity index (χ2n) is 6.04. The van der Waals surface area contributed by atoms with Gasteiger partial charge in [0.05, 0.1) is 6.10 Å². The van der Waals surface area contributed by atoms with Crippen molar-refractivity contribution in [1.82, 2.24) is 0 Å². The quantitative estimate of drug-likeness (QED) is 0.836. The van der Waals surface area contributed by atoms with E-state index in [1.54, 1.807) is 0 Å². The lowest BCUT2D eigenvalue weighted by Gasteiger charge is -2.13. The molecule has 17 heavy (non-hydrogen) atoms. The van der Waals surface area contributed by atoms with Gasteiger partial charge in [0, 0.05) is 5.92 Å². The zero-order valence-corrected chi connectivity index (χ0v) is 10.6. The van der Waals surface area contributed by atoms with E-state index in [1.807, 2.05) is 0 Å². The Hall–Kier alpha value is -0.960. The average molecular weight is 240 g/mol. The van der Waals surface area contributed by atoms with Crippen LogP contribution in [0.5, 0.6) is 0 Å². The predicted octanol–water partition coefficient (Wildman–Crippen LogP) is 3.68. The van der Waals surface area contributed by atoms with Gasteiger partial charge in [-0.3, -0.25) is 0 Å². The summed E-state index contributed by atoms with van der Waals surface area (Å²) in [5, 5.41) is 10.3. The third kappa shape index (κ3) is 1.68. The first-order valence-corrected chi connectivity index (χ1v) is 5.82. The summed E-state index contributed by atoms with van der Waals surface area (Å²) >= 11 is 0. The molecule has 1 aromatic carbocycles. The van der Waals surface area contributed by atoms with Gasteiger partial charge in [-0.2, -0.15) is 0 Å². The molecular weight excluding hydrogens is 222 g/mol. The molecule has 1 unspecified atom stereocenters. The van der Waals surface area contributed by atoms with Gasteiger partial charge in [-0.15, -0.1) is 0 Å². The molecule has 3 heteroatoms. The molecule has 0 aromatic heterocycles. The van der Waals surface area contributed by atoms with E-state index in [4.69, 9.17) is 0 Å². The fraction of sp³-hybridized carbons (Fsp3) is 0.571. The van der Waals surface area contributed by atoms with Gasteiger partial charge in [0.15, 0.2) is 11.6 Å². The van der Waals surface area contributed by atoms with Crippen LogP contribution in [0, 0.1) is 28.4 Å². The molecule has 0 radical (unpaired) electrons. The molecule has 0 amide bonds. The third-order valence-electron chi connectivity index (χ3n) is 4.73. The standard InChI is InChI=1S/C14H18F2O/c1-13(2)12(14(13,3)4)11(17)8-5-6-9(15)10(16)7-8/h5-7,11-12,17H,1-4H3. The van der Waals surface area contributed by atoms with E-state index >= 15 is 0 Å². The predicted molar refractivity (Wildman–Crippen MR) is 62.4 cm³/mol. The van der Waals surface area contributed by atoms with Crippen LogP contribution >= 0.6 is 0 Å². The Kier molecular flexibility index (Phi) is 2.58. The van der Waals surface area contributed by atoms with Crippen molar-refractivity contribution in [2.75, 3.05) is 0 Å². The smallest absolute Gasteiger partial charge is 0.159 e. The van der Waals surface area contributed by atoms with Gasteiger partial charge in [-0.1, -0.05) is 33.8 Å². The molecule has 1 aromatic rings. The highest BCUT2D eigenvalue weighted by Gasteiger charge is 2.67. The molecule has 1 N–H and O–H groups in total. The fourth-order valence-electron chi connectivity index (χ4n) is 2.93. The molecule has 1 fully saturated rings. The second-order valence-corrected chi connectivity index (χ2v) is 6.04. The molecular formula is C14H18F2O. The summed E-state index contributed by atoms with van der Waals surface area (Å²) in [6, 6.07) is 3.61. The van der Waals surface area contributed by atoms with Crippen molar-refractivity contribution in [3.05, 3.63) is 35.4 Å². The Balaban J connectivity index is 2.28. The molecule has 1 nitrogen and oxygen atoms in total. The number of rotatable bonds is 2. The minimum atomic E-state index is -0.905. The maximum Gasteiger partial charge on any atom is 0.159 e. The topological polar surface area (TPSA) is 20.2 Å². The largest absolute Gasteiger partial charge is 0.388 e. The molecule has 0 spiro atoms. The van der Waals surface area contributed by atoms with E-state index in [0.29, 0.717) is 5.56 Å². The summed E-state index contributed by atoms with van der Waals surface area (Å²) in [5.41, 5.74) is 0.474. The van der Waals surface area contributed by atoms with Crippen LogP contribution in [-0.4, -0.2) is 5.11 Å². The zero-order valence-electron chi connectivity index (χ0n) is 10.6. The summed E-state index contributed by atoms with van der Waals surface area (Å²) in [4.78, 5) is 0. The molecule has 0 bridgehead atoms. The summed E-state index contributed by atoms with van der Waals surface area (Å²) < 4.78 is 25.9. The normalized spacial score (nSPS) is 23.5. The third-order valence-corrected chi connectivity index (χ3v) is 4.73. The van der Waals surface area contributed by atoms with E-state index in [0.717, 1.165) is 12.1 Å². The second kappa shape index (κ2) is 3.52. The SMILES string of the molecule is CC1(C)C(C(O)c2ccc(F)c(F)c2)C1(C)C. The van der Waals surface area contributed by atoms with E-state index in [9.17, 15) is 13.9 Å². The van der Waals surface area contributed by atoms with Crippen molar-refractivity contribution in [3.8, 4) is 0 Å². The van der Waals surface area contributed by atoms with Gasteiger partial charge in [0.2, 0.25) is 0 Å². The Morgan fingerprint density at radius 3 is 2.00 bits per heavy atom. The van der Waals surface area contributed by atoms with Gasteiger partial charge in [-0.05, 0) is 28.5 Å². The van der Waals surface area contributed by atoms with Crippen LogP contribution in [0.15, 0.2) is 18.2 Å². The first-order chi connectivity index (χ1) is 7.69. The number of hydrogen-bond acceptors (Lipinski definition) is 1. The minimum Gasteiger partial charge on any atom is -0.388 e. The average Bonchev–Trinajstić information content (AvgIpc) is 2.61. The fourth-order valence-corrected chi connectivity index (χ4v) is 2.93. The van der Waals surface area contributed by atoms with E-state index in [1.165, 1.54) is 6.07 Å². The van der Waals surface area contributed by atoms with Gasteiger partial charge >= 0.3 is 0 Å². The van der Waals surface area contributed by atoms with Crippen molar-refractivity contribution in [1.29, 1.82) is 0 Å². The number of halogens is 2. The van der Waals surface area contributed by atoms with Crippen LogP contribution in [0.3, 0.4) is 0 Å². The van der Waals surface area contributed by atoms with Gasteiger partial charge < -0.3 is 5.11 Å². The molecule has 1 aliphatic rings.